The second kappa shape index (κ2) is 9.57. The molecule has 0 saturated carbocycles. The molecule has 0 radical (unpaired) electrons. The number of carbonyl (C=O) groups is 1. The Hall–Kier alpha value is -2.58. The summed E-state index contributed by atoms with van der Waals surface area (Å²) in [6.45, 7) is 4.20. The van der Waals surface area contributed by atoms with Gasteiger partial charge in [-0.2, -0.15) is 0 Å². The van der Waals surface area contributed by atoms with Crippen molar-refractivity contribution in [1.82, 2.24) is 9.62 Å². The van der Waals surface area contributed by atoms with E-state index in [-0.39, 0.29) is 17.4 Å². The van der Waals surface area contributed by atoms with Crippen molar-refractivity contribution in [2.24, 2.45) is 0 Å². The molecular weight excluding hydrogens is 380 g/mol. The molecule has 2 aromatic rings. The number of hydrogen-bond acceptors (Lipinski definition) is 5. The number of amides is 1. The molecule has 0 fully saturated rings. The fourth-order valence-electron chi connectivity index (χ4n) is 2.35. The van der Waals surface area contributed by atoms with Gasteiger partial charge in [0.1, 0.15) is 18.1 Å². The van der Waals surface area contributed by atoms with Crippen LogP contribution in [-0.2, 0) is 14.8 Å². The standard InChI is InChI=1S/C20H26N2O5S/c1-15-6-5-7-18(14-15)27-16(2)20(23)21-12-13-26-17-8-10-19(11-9-17)28(24,25)22(3)4/h5-11,14,16H,12-13H2,1-4H3,(H,21,23)/t16-/m0/s1. The number of nitrogens with one attached hydrogen (secondary N) is 1. The molecule has 1 N–H and O–H groups in total. The molecule has 1 amide bonds. The van der Waals surface area contributed by atoms with Gasteiger partial charge < -0.3 is 14.8 Å². The van der Waals surface area contributed by atoms with Crippen molar-refractivity contribution in [3.63, 3.8) is 0 Å². The third kappa shape index (κ3) is 5.97. The van der Waals surface area contributed by atoms with E-state index in [1.54, 1.807) is 25.1 Å². The van der Waals surface area contributed by atoms with E-state index in [0.717, 1.165) is 9.87 Å². The topological polar surface area (TPSA) is 84.9 Å². The zero-order valence-corrected chi connectivity index (χ0v) is 17.3. The van der Waals surface area contributed by atoms with Gasteiger partial charge in [0, 0.05) is 14.1 Å². The van der Waals surface area contributed by atoms with Crippen LogP contribution in [0.25, 0.3) is 0 Å². The first-order valence-corrected chi connectivity index (χ1v) is 10.3. The molecule has 0 aliphatic carbocycles. The lowest BCUT2D eigenvalue weighted by Gasteiger charge is -2.15. The summed E-state index contributed by atoms with van der Waals surface area (Å²) >= 11 is 0. The van der Waals surface area contributed by atoms with E-state index in [4.69, 9.17) is 9.47 Å². The Labute approximate surface area is 166 Å². The molecule has 0 aliphatic heterocycles. The lowest BCUT2D eigenvalue weighted by molar-refractivity contribution is -0.127. The van der Waals surface area contributed by atoms with Crippen LogP contribution < -0.4 is 14.8 Å². The van der Waals surface area contributed by atoms with Crippen molar-refractivity contribution >= 4 is 15.9 Å². The average Bonchev–Trinajstić information content (AvgIpc) is 2.65. The number of ether oxygens (including phenoxy) is 2. The van der Waals surface area contributed by atoms with Crippen molar-refractivity contribution in [1.29, 1.82) is 0 Å². The monoisotopic (exact) mass is 406 g/mol. The van der Waals surface area contributed by atoms with E-state index >= 15 is 0 Å². The highest BCUT2D eigenvalue weighted by Crippen LogP contribution is 2.18. The molecule has 0 saturated heterocycles. The van der Waals surface area contributed by atoms with Gasteiger partial charge in [0.15, 0.2) is 6.10 Å². The minimum atomic E-state index is -3.46. The third-order valence-electron chi connectivity index (χ3n) is 3.94. The minimum absolute atomic E-state index is 0.195. The fraction of sp³-hybridized carbons (Fsp3) is 0.350. The molecular formula is C20H26N2O5S. The van der Waals surface area contributed by atoms with Crippen LogP contribution in [-0.4, -0.2) is 52.0 Å². The third-order valence-corrected chi connectivity index (χ3v) is 5.77. The Morgan fingerprint density at radius 3 is 2.39 bits per heavy atom. The Morgan fingerprint density at radius 1 is 1.11 bits per heavy atom. The van der Waals surface area contributed by atoms with E-state index in [0.29, 0.717) is 18.0 Å². The van der Waals surface area contributed by atoms with Gasteiger partial charge in [0.05, 0.1) is 11.4 Å². The SMILES string of the molecule is Cc1cccc(O[C@@H](C)C(=O)NCCOc2ccc(S(=O)(=O)N(C)C)cc2)c1. The number of sulfonamides is 1. The Morgan fingerprint density at radius 2 is 1.79 bits per heavy atom. The van der Waals surface area contributed by atoms with Gasteiger partial charge in [-0.1, -0.05) is 12.1 Å². The predicted molar refractivity (Wildman–Crippen MR) is 107 cm³/mol. The highest BCUT2D eigenvalue weighted by atomic mass is 32.2. The second-order valence-corrected chi connectivity index (χ2v) is 8.63. The average molecular weight is 407 g/mol. The van der Waals surface area contributed by atoms with Crippen molar-refractivity contribution in [3.05, 3.63) is 54.1 Å². The summed E-state index contributed by atoms with van der Waals surface area (Å²) in [5, 5.41) is 2.75. The maximum absolute atomic E-state index is 12.1. The van der Waals surface area contributed by atoms with Crippen LogP contribution in [0.5, 0.6) is 11.5 Å². The molecule has 0 bridgehead atoms. The van der Waals surface area contributed by atoms with Gasteiger partial charge in [0.2, 0.25) is 10.0 Å². The van der Waals surface area contributed by atoms with Gasteiger partial charge >= 0.3 is 0 Å². The van der Waals surface area contributed by atoms with E-state index in [1.165, 1.54) is 26.2 Å². The van der Waals surface area contributed by atoms with Crippen LogP contribution in [0.15, 0.2) is 53.4 Å². The number of aryl methyl sites for hydroxylation is 1. The Kier molecular flexibility index (Phi) is 7.42. The highest BCUT2D eigenvalue weighted by Gasteiger charge is 2.17. The minimum Gasteiger partial charge on any atom is -0.492 e. The summed E-state index contributed by atoms with van der Waals surface area (Å²) in [5.41, 5.74) is 1.06. The van der Waals surface area contributed by atoms with E-state index in [1.807, 2.05) is 25.1 Å². The van der Waals surface area contributed by atoms with Crippen molar-refractivity contribution in [2.45, 2.75) is 24.8 Å². The molecule has 152 valence electrons. The van der Waals surface area contributed by atoms with Crippen LogP contribution in [0.1, 0.15) is 12.5 Å². The Balaban J connectivity index is 1.77. The number of rotatable bonds is 9. The van der Waals surface area contributed by atoms with E-state index in [2.05, 4.69) is 5.32 Å². The zero-order valence-electron chi connectivity index (χ0n) is 16.5. The van der Waals surface area contributed by atoms with E-state index in [9.17, 15) is 13.2 Å². The molecule has 8 heteroatoms. The first-order chi connectivity index (χ1) is 13.2. The summed E-state index contributed by atoms with van der Waals surface area (Å²) in [4.78, 5) is 12.3. The zero-order chi connectivity index (χ0) is 20.7. The quantitative estimate of drug-likeness (QED) is 0.646. The number of hydrogen-bond donors (Lipinski definition) is 1. The summed E-state index contributed by atoms with van der Waals surface area (Å²) in [7, 11) is -0.505. The fourth-order valence-corrected chi connectivity index (χ4v) is 3.25. The first-order valence-electron chi connectivity index (χ1n) is 8.86. The number of benzene rings is 2. The highest BCUT2D eigenvalue weighted by molar-refractivity contribution is 7.89. The summed E-state index contributed by atoms with van der Waals surface area (Å²) in [5.74, 6) is 0.931. The van der Waals surface area contributed by atoms with Crippen LogP contribution >= 0.6 is 0 Å². The van der Waals surface area contributed by atoms with Crippen molar-refractivity contribution < 1.29 is 22.7 Å². The number of carbonyl (C=O) groups excluding carboxylic acids is 1. The summed E-state index contributed by atoms with van der Waals surface area (Å²) in [6.07, 6.45) is -0.627. The Bertz CT molecular complexity index is 895. The smallest absolute Gasteiger partial charge is 0.260 e. The molecule has 0 aromatic heterocycles. The molecule has 7 nitrogen and oxygen atoms in total. The van der Waals surface area contributed by atoms with Crippen LogP contribution in [0.3, 0.4) is 0 Å². The van der Waals surface area contributed by atoms with Crippen molar-refractivity contribution in [2.75, 3.05) is 27.2 Å². The van der Waals surface area contributed by atoms with Crippen molar-refractivity contribution in [3.8, 4) is 11.5 Å². The van der Waals surface area contributed by atoms with E-state index < -0.39 is 16.1 Å². The van der Waals surface area contributed by atoms with Gasteiger partial charge in [-0.15, -0.1) is 0 Å². The molecule has 1 atom stereocenters. The first kappa shape index (κ1) is 21.7. The molecule has 0 unspecified atom stereocenters. The maximum Gasteiger partial charge on any atom is 0.260 e. The van der Waals surface area contributed by atoms with Gasteiger partial charge in [-0.3, -0.25) is 4.79 Å². The molecule has 28 heavy (non-hydrogen) atoms. The predicted octanol–water partition coefficient (Wildman–Crippen LogP) is 2.21. The second-order valence-electron chi connectivity index (χ2n) is 6.47. The molecule has 0 heterocycles. The summed E-state index contributed by atoms with van der Waals surface area (Å²) < 4.78 is 36.3. The summed E-state index contributed by atoms with van der Waals surface area (Å²) in [6, 6.07) is 13.6. The molecule has 0 aliphatic rings. The van der Waals surface area contributed by atoms with Crippen LogP contribution in [0.2, 0.25) is 0 Å². The van der Waals surface area contributed by atoms with Gasteiger partial charge in [-0.05, 0) is 55.8 Å². The van der Waals surface area contributed by atoms with Gasteiger partial charge in [-0.25, -0.2) is 12.7 Å². The maximum atomic E-state index is 12.1. The normalized spacial score (nSPS) is 12.5. The molecule has 0 spiro atoms. The largest absolute Gasteiger partial charge is 0.492 e. The number of nitrogens with zero attached hydrogens (tertiary/aromatic N) is 1. The lowest BCUT2D eigenvalue weighted by atomic mass is 10.2. The van der Waals surface area contributed by atoms with Crippen LogP contribution in [0, 0.1) is 6.92 Å². The molecule has 2 rings (SSSR count). The molecule has 2 aromatic carbocycles. The van der Waals surface area contributed by atoms with Crippen LogP contribution in [0.4, 0.5) is 0 Å². The lowest BCUT2D eigenvalue weighted by Crippen LogP contribution is -2.38. The van der Waals surface area contributed by atoms with Gasteiger partial charge in [0.25, 0.3) is 5.91 Å².